The molecule has 0 heterocycles. The fourth-order valence-corrected chi connectivity index (χ4v) is 2.12. The Labute approximate surface area is 100.0 Å². The molecule has 0 aromatic heterocycles. The van der Waals surface area contributed by atoms with Crippen molar-refractivity contribution in [1.29, 1.82) is 0 Å². The monoisotopic (exact) mass is 230 g/mol. The molecule has 0 unspecified atom stereocenters. The minimum atomic E-state index is 0.499. The molecule has 0 aliphatic carbocycles. The molecule has 0 saturated heterocycles. The zero-order chi connectivity index (χ0) is 12.4. The molecule has 0 aliphatic rings. The Bertz CT molecular complexity index is 573. The molecular formula is C14H14O3. The van der Waals surface area contributed by atoms with E-state index in [1.165, 1.54) is 0 Å². The van der Waals surface area contributed by atoms with Crippen molar-refractivity contribution in [1.82, 2.24) is 0 Å². The zero-order valence-electron chi connectivity index (χ0n) is 10.1. The highest BCUT2D eigenvalue weighted by atomic mass is 16.5. The first-order valence-corrected chi connectivity index (χ1v) is 5.33. The second-order valence-electron chi connectivity index (χ2n) is 3.77. The normalized spacial score (nSPS) is 10.3. The predicted molar refractivity (Wildman–Crippen MR) is 67.2 cm³/mol. The predicted octanol–water partition coefficient (Wildman–Crippen LogP) is 2.98. The summed E-state index contributed by atoms with van der Waals surface area (Å²) < 4.78 is 10.7. The molecule has 0 atom stereocenters. The number of fused-ring (bicyclic) bond motifs is 1. The van der Waals surface area contributed by atoms with Crippen molar-refractivity contribution < 1.29 is 14.3 Å². The molecule has 0 saturated carbocycles. The molecular weight excluding hydrogens is 216 g/mol. The molecule has 17 heavy (non-hydrogen) atoms. The number of benzene rings is 2. The SMILES string of the molecule is COc1c(C=O)c(C)c2ccccc2c1OC. The van der Waals surface area contributed by atoms with Crippen molar-refractivity contribution in [3.63, 3.8) is 0 Å². The number of carbonyl (C=O) groups excluding carboxylic acids is 1. The summed E-state index contributed by atoms with van der Waals surface area (Å²) in [7, 11) is 3.12. The summed E-state index contributed by atoms with van der Waals surface area (Å²) in [6, 6.07) is 7.80. The van der Waals surface area contributed by atoms with E-state index in [0.29, 0.717) is 17.1 Å². The van der Waals surface area contributed by atoms with Crippen LogP contribution in [-0.2, 0) is 0 Å². The average Bonchev–Trinajstić information content (AvgIpc) is 2.38. The topological polar surface area (TPSA) is 35.5 Å². The summed E-state index contributed by atoms with van der Waals surface area (Å²) in [4.78, 5) is 11.2. The molecule has 0 fully saturated rings. The Hall–Kier alpha value is -2.03. The van der Waals surface area contributed by atoms with E-state index >= 15 is 0 Å². The highest BCUT2D eigenvalue weighted by molar-refractivity contribution is 6.00. The van der Waals surface area contributed by atoms with E-state index < -0.39 is 0 Å². The molecule has 3 nitrogen and oxygen atoms in total. The Kier molecular flexibility index (Phi) is 3.00. The lowest BCUT2D eigenvalue weighted by molar-refractivity contribution is 0.111. The molecule has 88 valence electrons. The lowest BCUT2D eigenvalue weighted by Gasteiger charge is -2.15. The Morgan fingerprint density at radius 3 is 2.12 bits per heavy atom. The van der Waals surface area contributed by atoms with Gasteiger partial charge in [0.25, 0.3) is 0 Å². The summed E-state index contributed by atoms with van der Waals surface area (Å²) in [6.07, 6.45) is 0.809. The van der Waals surface area contributed by atoms with Crippen molar-refractivity contribution in [2.75, 3.05) is 14.2 Å². The van der Waals surface area contributed by atoms with Crippen molar-refractivity contribution >= 4 is 17.1 Å². The van der Waals surface area contributed by atoms with Crippen molar-refractivity contribution in [3.05, 3.63) is 35.4 Å². The van der Waals surface area contributed by atoms with E-state index in [-0.39, 0.29) is 0 Å². The smallest absolute Gasteiger partial charge is 0.172 e. The van der Waals surface area contributed by atoms with Crippen LogP contribution in [0.5, 0.6) is 11.5 Å². The van der Waals surface area contributed by atoms with Gasteiger partial charge < -0.3 is 9.47 Å². The van der Waals surface area contributed by atoms with E-state index in [1.807, 2.05) is 31.2 Å². The first-order chi connectivity index (χ1) is 8.24. The second kappa shape index (κ2) is 4.45. The number of aryl methyl sites for hydroxylation is 1. The highest BCUT2D eigenvalue weighted by Crippen LogP contribution is 2.40. The molecule has 0 aliphatic heterocycles. The number of rotatable bonds is 3. The summed E-state index contributed by atoms with van der Waals surface area (Å²) in [5.74, 6) is 1.11. The van der Waals surface area contributed by atoms with E-state index in [2.05, 4.69) is 0 Å². The standard InChI is InChI=1S/C14H14O3/c1-9-10-6-4-5-7-11(10)13(16-2)14(17-3)12(9)8-15/h4-8H,1-3H3. The lowest BCUT2D eigenvalue weighted by Crippen LogP contribution is -1.99. The average molecular weight is 230 g/mol. The summed E-state index contributed by atoms with van der Waals surface area (Å²) >= 11 is 0. The van der Waals surface area contributed by atoms with E-state index in [9.17, 15) is 4.79 Å². The van der Waals surface area contributed by atoms with Gasteiger partial charge in [-0.15, -0.1) is 0 Å². The van der Waals surface area contributed by atoms with Gasteiger partial charge in [-0.3, -0.25) is 4.79 Å². The van der Waals surface area contributed by atoms with Crippen LogP contribution in [0.2, 0.25) is 0 Å². The van der Waals surface area contributed by atoms with E-state index in [1.54, 1.807) is 14.2 Å². The maximum absolute atomic E-state index is 11.2. The summed E-state index contributed by atoms with van der Waals surface area (Å²) in [5.41, 5.74) is 1.45. The van der Waals surface area contributed by atoms with Crippen molar-refractivity contribution in [3.8, 4) is 11.5 Å². The minimum Gasteiger partial charge on any atom is -0.492 e. The van der Waals surface area contributed by atoms with Crippen LogP contribution in [0.15, 0.2) is 24.3 Å². The van der Waals surface area contributed by atoms with Gasteiger partial charge in [0.15, 0.2) is 17.8 Å². The summed E-state index contributed by atoms with van der Waals surface area (Å²) in [6.45, 7) is 1.91. The van der Waals surface area contributed by atoms with Gasteiger partial charge >= 0.3 is 0 Å². The van der Waals surface area contributed by atoms with Crippen molar-refractivity contribution in [2.45, 2.75) is 6.92 Å². The zero-order valence-corrected chi connectivity index (χ0v) is 10.1. The summed E-state index contributed by atoms with van der Waals surface area (Å²) in [5, 5.41) is 1.96. The number of hydrogen-bond donors (Lipinski definition) is 0. The molecule has 0 amide bonds. The maximum atomic E-state index is 11.2. The van der Waals surface area contributed by atoms with Crippen LogP contribution in [0.4, 0.5) is 0 Å². The van der Waals surface area contributed by atoms with Gasteiger partial charge in [-0.2, -0.15) is 0 Å². The molecule has 0 spiro atoms. The Morgan fingerprint density at radius 1 is 1.00 bits per heavy atom. The highest BCUT2D eigenvalue weighted by Gasteiger charge is 2.17. The fraction of sp³-hybridized carbons (Fsp3) is 0.214. The number of methoxy groups -OCH3 is 2. The number of hydrogen-bond acceptors (Lipinski definition) is 3. The van der Waals surface area contributed by atoms with Crippen LogP contribution >= 0.6 is 0 Å². The van der Waals surface area contributed by atoms with Gasteiger partial charge in [0, 0.05) is 5.39 Å². The molecule has 2 aromatic rings. The van der Waals surface area contributed by atoms with Crippen LogP contribution in [0.25, 0.3) is 10.8 Å². The fourth-order valence-electron chi connectivity index (χ4n) is 2.12. The maximum Gasteiger partial charge on any atom is 0.172 e. The number of carbonyl (C=O) groups is 1. The number of ether oxygens (including phenoxy) is 2. The van der Waals surface area contributed by atoms with Crippen LogP contribution in [0.1, 0.15) is 15.9 Å². The van der Waals surface area contributed by atoms with Crippen molar-refractivity contribution in [2.24, 2.45) is 0 Å². The molecule has 3 heteroatoms. The quantitative estimate of drug-likeness (QED) is 0.760. The van der Waals surface area contributed by atoms with Crippen LogP contribution in [0.3, 0.4) is 0 Å². The molecule has 2 rings (SSSR count). The van der Waals surface area contributed by atoms with Gasteiger partial charge in [0.2, 0.25) is 0 Å². The number of aldehydes is 1. The Morgan fingerprint density at radius 2 is 1.59 bits per heavy atom. The molecule has 2 aromatic carbocycles. The van der Waals surface area contributed by atoms with Crippen LogP contribution < -0.4 is 9.47 Å². The molecule has 0 radical (unpaired) electrons. The van der Waals surface area contributed by atoms with Crippen LogP contribution in [0, 0.1) is 6.92 Å². The third kappa shape index (κ3) is 1.64. The first-order valence-electron chi connectivity index (χ1n) is 5.33. The van der Waals surface area contributed by atoms with E-state index in [0.717, 1.165) is 22.6 Å². The molecule has 0 N–H and O–H groups in total. The second-order valence-corrected chi connectivity index (χ2v) is 3.77. The third-order valence-corrected chi connectivity index (χ3v) is 2.96. The van der Waals surface area contributed by atoms with Crippen LogP contribution in [-0.4, -0.2) is 20.5 Å². The van der Waals surface area contributed by atoms with Gasteiger partial charge in [-0.25, -0.2) is 0 Å². The first kappa shape index (κ1) is 11.5. The molecule has 0 bridgehead atoms. The van der Waals surface area contributed by atoms with Gasteiger partial charge in [0.1, 0.15) is 0 Å². The van der Waals surface area contributed by atoms with Gasteiger partial charge in [-0.05, 0) is 17.9 Å². The van der Waals surface area contributed by atoms with E-state index in [4.69, 9.17) is 9.47 Å². The largest absolute Gasteiger partial charge is 0.492 e. The van der Waals surface area contributed by atoms with Gasteiger partial charge in [0.05, 0.1) is 19.8 Å². The third-order valence-electron chi connectivity index (χ3n) is 2.96. The Balaban J connectivity index is 2.98. The van der Waals surface area contributed by atoms with Gasteiger partial charge in [-0.1, -0.05) is 24.3 Å². The lowest BCUT2D eigenvalue weighted by atomic mass is 9.98. The minimum absolute atomic E-state index is 0.499.